The minimum atomic E-state index is 0.570. The molecule has 1 N–H and O–H groups in total. The van der Waals surface area contributed by atoms with Crippen LogP contribution in [0.5, 0.6) is 5.75 Å². The van der Waals surface area contributed by atoms with Crippen LogP contribution in [0.4, 0.5) is 0 Å². The quantitative estimate of drug-likeness (QED) is 0.809. The minimum absolute atomic E-state index is 0.570. The van der Waals surface area contributed by atoms with E-state index < -0.39 is 0 Å². The third kappa shape index (κ3) is 3.97. The molecule has 1 aromatic carbocycles. The smallest absolute Gasteiger partial charge is 0.122 e. The van der Waals surface area contributed by atoms with E-state index in [1.807, 2.05) is 6.07 Å². The van der Waals surface area contributed by atoms with E-state index in [9.17, 15) is 0 Å². The lowest BCUT2D eigenvalue weighted by molar-refractivity contribution is 0.196. The van der Waals surface area contributed by atoms with Crippen LogP contribution in [0.25, 0.3) is 0 Å². The van der Waals surface area contributed by atoms with Crippen molar-refractivity contribution < 1.29 is 4.74 Å². The van der Waals surface area contributed by atoms with Crippen LogP contribution in [-0.4, -0.2) is 19.7 Å². The molecule has 2 nitrogen and oxygen atoms in total. The Morgan fingerprint density at radius 1 is 1.26 bits per heavy atom. The van der Waals surface area contributed by atoms with Crippen LogP contribution in [0.3, 0.4) is 0 Å². The molecular weight excluding hydrogens is 234 g/mol. The van der Waals surface area contributed by atoms with Gasteiger partial charge in [-0.3, -0.25) is 0 Å². The summed E-state index contributed by atoms with van der Waals surface area (Å²) in [6.45, 7) is 5.57. The average Bonchev–Trinajstić information content (AvgIpc) is 2.34. The first-order valence-electron chi connectivity index (χ1n) is 7.56. The van der Waals surface area contributed by atoms with Crippen LogP contribution in [-0.2, 0) is 6.42 Å². The van der Waals surface area contributed by atoms with E-state index in [4.69, 9.17) is 4.74 Å². The van der Waals surface area contributed by atoms with Crippen LogP contribution < -0.4 is 10.1 Å². The highest BCUT2D eigenvalue weighted by atomic mass is 16.5. The van der Waals surface area contributed by atoms with Gasteiger partial charge < -0.3 is 10.1 Å². The minimum Gasteiger partial charge on any atom is -0.496 e. The summed E-state index contributed by atoms with van der Waals surface area (Å²) < 4.78 is 5.48. The predicted molar refractivity (Wildman–Crippen MR) is 80.7 cm³/mol. The average molecular weight is 261 g/mol. The fourth-order valence-electron chi connectivity index (χ4n) is 2.86. The number of methoxy groups -OCH3 is 1. The zero-order valence-corrected chi connectivity index (χ0v) is 12.5. The highest BCUT2D eigenvalue weighted by molar-refractivity contribution is 5.33. The van der Waals surface area contributed by atoms with Gasteiger partial charge in [0.15, 0.2) is 0 Å². The maximum atomic E-state index is 5.48. The van der Waals surface area contributed by atoms with E-state index in [1.165, 1.54) is 24.8 Å². The number of ether oxygens (including phenoxy) is 1. The van der Waals surface area contributed by atoms with E-state index in [-0.39, 0.29) is 0 Å². The molecule has 1 unspecified atom stereocenters. The Kier molecular flexibility index (Phi) is 5.26. The maximum absolute atomic E-state index is 5.48. The van der Waals surface area contributed by atoms with Gasteiger partial charge in [0.25, 0.3) is 0 Å². The van der Waals surface area contributed by atoms with Gasteiger partial charge in [-0.15, -0.1) is 0 Å². The molecule has 0 saturated heterocycles. The summed E-state index contributed by atoms with van der Waals surface area (Å²) >= 11 is 0. The van der Waals surface area contributed by atoms with Crippen molar-refractivity contribution in [2.24, 2.45) is 11.8 Å². The van der Waals surface area contributed by atoms with Crippen molar-refractivity contribution in [3.05, 3.63) is 29.8 Å². The molecule has 0 heterocycles. The predicted octanol–water partition coefficient (Wildman–Crippen LogP) is 3.65. The summed E-state index contributed by atoms with van der Waals surface area (Å²) in [4.78, 5) is 0. The molecule has 2 rings (SSSR count). The van der Waals surface area contributed by atoms with Crippen LogP contribution >= 0.6 is 0 Å². The first-order valence-corrected chi connectivity index (χ1v) is 7.56. The van der Waals surface area contributed by atoms with Crippen LogP contribution in [0.2, 0.25) is 0 Å². The molecule has 1 atom stereocenters. The first kappa shape index (κ1) is 14.4. The Balaban J connectivity index is 2.01. The van der Waals surface area contributed by atoms with E-state index in [2.05, 4.69) is 37.4 Å². The van der Waals surface area contributed by atoms with Gasteiger partial charge in [0.1, 0.15) is 5.75 Å². The Hall–Kier alpha value is -1.02. The molecule has 1 aliphatic carbocycles. The van der Waals surface area contributed by atoms with E-state index in [0.717, 1.165) is 30.6 Å². The van der Waals surface area contributed by atoms with Crippen LogP contribution in [0.1, 0.15) is 38.7 Å². The summed E-state index contributed by atoms with van der Waals surface area (Å²) in [5, 5.41) is 3.61. The third-order valence-corrected chi connectivity index (χ3v) is 4.28. The van der Waals surface area contributed by atoms with Gasteiger partial charge in [0, 0.05) is 6.04 Å². The molecule has 0 radical (unpaired) electrons. The number of nitrogens with one attached hydrogen (secondary N) is 1. The Morgan fingerprint density at radius 2 is 2.00 bits per heavy atom. The zero-order chi connectivity index (χ0) is 13.7. The molecule has 0 aromatic heterocycles. The van der Waals surface area contributed by atoms with Crippen molar-refractivity contribution in [2.45, 2.75) is 45.6 Å². The lowest BCUT2D eigenvalue weighted by Crippen LogP contribution is -2.36. The fourth-order valence-corrected chi connectivity index (χ4v) is 2.86. The van der Waals surface area contributed by atoms with Gasteiger partial charge in [-0.05, 0) is 36.4 Å². The molecule has 1 saturated carbocycles. The lowest BCUT2D eigenvalue weighted by Gasteiger charge is -2.35. The number of rotatable bonds is 7. The SMILES string of the molecule is COc1ccccc1CC(CNC(C)C)C1CCC1. The molecule has 106 valence electrons. The first-order chi connectivity index (χ1) is 9.20. The molecule has 2 heteroatoms. The van der Waals surface area contributed by atoms with Crippen molar-refractivity contribution in [3.8, 4) is 5.75 Å². The number of hydrogen-bond acceptors (Lipinski definition) is 2. The Morgan fingerprint density at radius 3 is 2.58 bits per heavy atom. The summed E-state index contributed by atoms with van der Waals surface area (Å²) in [5.41, 5.74) is 1.35. The summed E-state index contributed by atoms with van der Waals surface area (Å²) in [6.07, 6.45) is 5.35. The van der Waals surface area contributed by atoms with Gasteiger partial charge in [0.05, 0.1) is 7.11 Å². The summed E-state index contributed by atoms with van der Waals surface area (Å²) in [7, 11) is 1.77. The maximum Gasteiger partial charge on any atom is 0.122 e. The number of para-hydroxylation sites is 1. The molecule has 0 spiro atoms. The molecule has 0 aliphatic heterocycles. The van der Waals surface area contributed by atoms with Crippen molar-refractivity contribution in [1.82, 2.24) is 5.32 Å². The van der Waals surface area contributed by atoms with Gasteiger partial charge >= 0.3 is 0 Å². The highest BCUT2D eigenvalue weighted by Crippen LogP contribution is 2.36. The normalized spacial score (nSPS) is 17.3. The second-order valence-electron chi connectivity index (χ2n) is 6.03. The Bertz CT molecular complexity index is 385. The van der Waals surface area contributed by atoms with E-state index >= 15 is 0 Å². The molecule has 1 aliphatic rings. The van der Waals surface area contributed by atoms with E-state index in [0.29, 0.717) is 6.04 Å². The zero-order valence-electron chi connectivity index (χ0n) is 12.5. The summed E-state index contributed by atoms with van der Waals surface area (Å²) in [5.74, 6) is 2.68. The molecule has 0 bridgehead atoms. The fraction of sp³-hybridized carbons (Fsp3) is 0.647. The third-order valence-electron chi connectivity index (χ3n) is 4.28. The van der Waals surface area contributed by atoms with Crippen molar-refractivity contribution in [2.75, 3.05) is 13.7 Å². The van der Waals surface area contributed by atoms with Gasteiger partial charge in [0.2, 0.25) is 0 Å². The van der Waals surface area contributed by atoms with Crippen molar-refractivity contribution >= 4 is 0 Å². The van der Waals surface area contributed by atoms with Gasteiger partial charge in [-0.25, -0.2) is 0 Å². The number of hydrogen-bond donors (Lipinski definition) is 1. The standard InChI is InChI=1S/C17H27NO/c1-13(2)18-12-16(14-8-6-9-14)11-15-7-4-5-10-17(15)19-3/h4-5,7,10,13-14,16,18H,6,8-9,11-12H2,1-3H3. The molecule has 0 amide bonds. The second-order valence-corrected chi connectivity index (χ2v) is 6.03. The summed E-state index contributed by atoms with van der Waals surface area (Å²) in [6, 6.07) is 9.02. The molecule has 1 fully saturated rings. The van der Waals surface area contributed by atoms with Gasteiger partial charge in [-0.2, -0.15) is 0 Å². The van der Waals surface area contributed by atoms with Crippen molar-refractivity contribution in [1.29, 1.82) is 0 Å². The Labute approximate surface area is 117 Å². The van der Waals surface area contributed by atoms with E-state index in [1.54, 1.807) is 7.11 Å². The van der Waals surface area contributed by atoms with Crippen LogP contribution in [0, 0.1) is 11.8 Å². The number of benzene rings is 1. The molecular formula is C17H27NO. The topological polar surface area (TPSA) is 21.3 Å². The molecule has 1 aromatic rings. The van der Waals surface area contributed by atoms with Gasteiger partial charge in [-0.1, -0.05) is 51.3 Å². The lowest BCUT2D eigenvalue weighted by atomic mass is 9.73. The van der Waals surface area contributed by atoms with Crippen molar-refractivity contribution in [3.63, 3.8) is 0 Å². The second kappa shape index (κ2) is 6.95. The highest BCUT2D eigenvalue weighted by Gasteiger charge is 2.27. The van der Waals surface area contributed by atoms with Crippen LogP contribution in [0.15, 0.2) is 24.3 Å². The largest absolute Gasteiger partial charge is 0.496 e. The monoisotopic (exact) mass is 261 g/mol. The molecule has 19 heavy (non-hydrogen) atoms.